The molecule has 1 saturated heterocycles. The number of likely N-dealkylation sites (tertiary alicyclic amines) is 1. The molecule has 0 bridgehead atoms. The molecular weight excluding hydrogens is 314 g/mol. The number of rotatable bonds is 3. The molecule has 1 aliphatic heterocycles. The molecule has 1 spiro atoms. The van der Waals surface area contributed by atoms with E-state index in [-0.39, 0.29) is 11.3 Å². The van der Waals surface area contributed by atoms with Crippen molar-refractivity contribution in [2.75, 3.05) is 18.4 Å². The van der Waals surface area contributed by atoms with E-state index in [1.54, 1.807) is 42.7 Å². The number of nitrogens with zero attached hydrogens (tertiary/aromatic N) is 4. The average molecular weight is 333 g/mol. The summed E-state index contributed by atoms with van der Waals surface area (Å²) in [6, 6.07) is 11.2. The zero-order valence-corrected chi connectivity index (χ0v) is 13.9. The van der Waals surface area contributed by atoms with Crippen molar-refractivity contribution in [3.05, 3.63) is 53.9 Å². The van der Waals surface area contributed by atoms with Crippen LogP contribution in [0, 0.1) is 16.7 Å². The van der Waals surface area contributed by atoms with E-state index in [2.05, 4.69) is 21.4 Å². The highest BCUT2D eigenvalue weighted by Gasteiger charge is 2.49. The summed E-state index contributed by atoms with van der Waals surface area (Å²) in [5.41, 5.74) is 1.34. The second-order valence-electron chi connectivity index (χ2n) is 6.99. The van der Waals surface area contributed by atoms with E-state index >= 15 is 0 Å². The summed E-state index contributed by atoms with van der Waals surface area (Å²) in [6.07, 6.45) is 6.56. The molecule has 2 aromatic rings. The lowest BCUT2D eigenvalue weighted by molar-refractivity contribution is 0.0715. The smallest absolute Gasteiger partial charge is 0.253 e. The van der Waals surface area contributed by atoms with E-state index in [1.807, 2.05) is 4.90 Å². The summed E-state index contributed by atoms with van der Waals surface area (Å²) in [5.74, 6) is 0.693. The summed E-state index contributed by atoms with van der Waals surface area (Å²) in [4.78, 5) is 23.0. The van der Waals surface area contributed by atoms with E-state index in [0.717, 1.165) is 32.4 Å². The van der Waals surface area contributed by atoms with Gasteiger partial charge in [0.2, 0.25) is 5.95 Å². The molecule has 0 atom stereocenters. The van der Waals surface area contributed by atoms with Crippen LogP contribution in [0.5, 0.6) is 0 Å². The summed E-state index contributed by atoms with van der Waals surface area (Å²) >= 11 is 0. The molecule has 1 saturated carbocycles. The lowest BCUT2D eigenvalue weighted by Gasteiger charge is -2.45. The molecule has 0 radical (unpaired) electrons. The first-order valence-corrected chi connectivity index (χ1v) is 8.50. The maximum absolute atomic E-state index is 12.7. The van der Waals surface area contributed by atoms with Crippen LogP contribution in [0.2, 0.25) is 0 Å². The first-order chi connectivity index (χ1) is 12.2. The number of hydrogen-bond donors (Lipinski definition) is 1. The van der Waals surface area contributed by atoms with Gasteiger partial charge in [-0.15, -0.1) is 0 Å². The normalized spacial score (nSPS) is 24.6. The zero-order valence-electron chi connectivity index (χ0n) is 13.9. The monoisotopic (exact) mass is 333 g/mol. The molecule has 1 aromatic heterocycles. The van der Waals surface area contributed by atoms with Gasteiger partial charge in [-0.3, -0.25) is 4.79 Å². The Morgan fingerprint density at radius 2 is 2.08 bits per heavy atom. The first kappa shape index (κ1) is 15.6. The Balaban J connectivity index is 1.36. The number of nitrogens with one attached hydrogen (secondary N) is 1. The zero-order chi connectivity index (χ0) is 17.3. The lowest BCUT2D eigenvalue weighted by Crippen LogP contribution is -2.47. The fourth-order valence-electron chi connectivity index (χ4n) is 3.99. The number of carbonyl (C=O) groups excluding carboxylic acids is 1. The van der Waals surface area contributed by atoms with E-state index in [0.29, 0.717) is 23.1 Å². The van der Waals surface area contributed by atoms with Crippen LogP contribution in [0.25, 0.3) is 0 Å². The van der Waals surface area contributed by atoms with Crippen molar-refractivity contribution in [3.63, 3.8) is 0 Å². The van der Waals surface area contributed by atoms with Crippen molar-refractivity contribution >= 4 is 11.9 Å². The van der Waals surface area contributed by atoms with Crippen LogP contribution in [0.15, 0.2) is 42.7 Å². The Labute approximate surface area is 146 Å². The van der Waals surface area contributed by atoms with Gasteiger partial charge in [0, 0.05) is 37.1 Å². The predicted molar refractivity (Wildman–Crippen MR) is 92.8 cm³/mol. The minimum Gasteiger partial charge on any atom is -0.351 e. The Morgan fingerprint density at radius 3 is 2.84 bits per heavy atom. The van der Waals surface area contributed by atoms with E-state index < -0.39 is 0 Å². The van der Waals surface area contributed by atoms with Gasteiger partial charge in [0.25, 0.3) is 5.91 Å². The molecule has 25 heavy (non-hydrogen) atoms. The highest BCUT2D eigenvalue weighted by atomic mass is 16.2. The molecule has 1 N–H and O–H groups in total. The van der Waals surface area contributed by atoms with Crippen LogP contribution >= 0.6 is 0 Å². The van der Waals surface area contributed by atoms with Crippen molar-refractivity contribution in [2.24, 2.45) is 5.41 Å². The van der Waals surface area contributed by atoms with Gasteiger partial charge in [-0.25, -0.2) is 9.97 Å². The highest BCUT2D eigenvalue weighted by molar-refractivity contribution is 5.94. The number of amides is 1. The molecular formula is C19H19N5O. The Kier molecular flexibility index (Phi) is 3.85. The average Bonchev–Trinajstić information content (AvgIpc) is 3.07. The molecule has 1 aromatic carbocycles. The molecule has 0 unspecified atom stereocenters. The minimum absolute atomic E-state index is 0.0248. The van der Waals surface area contributed by atoms with Gasteiger partial charge < -0.3 is 10.2 Å². The highest BCUT2D eigenvalue weighted by Crippen LogP contribution is 2.49. The van der Waals surface area contributed by atoms with E-state index in [1.165, 1.54) is 0 Å². The van der Waals surface area contributed by atoms with Crippen molar-refractivity contribution in [1.82, 2.24) is 14.9 Å². The van der Waals surface area contributed by atoms with E-state index in [9.17, 15) is 4.79 Å². The molecule has 2 aliphatic rings. The first-order valence-electron chi connectivity index (χ1n) is 8.50. The number of carbonyl (C=O) groups is 1. The number of hydrogen-bond acceptors (Lipinski definition) is 5. The van der Waals surface area contributed by atoms with Crippen LogP contribution in [0.3, 0.4) is 0 Å². The summed E-state index contributed by atoms with van der Waals surface area (Å²) in [5, 5.41) is 12.4. The molecule has 4 rings (SSSR count). The maximum atomic E-state index is 12.7. The number of nitriles is 1. The van der Waals surface area contributed by atoms with Gasteiger partial charge in [0.15, 0.2) is 0 Å². The van der Waals surface area contributed by atoms with Gasteiger partial charge in [0.1, 0.15) is 0 Å². The second kappa shape index (κ2) is 6.17. The van der Waals surface area contributed by atoms with Crippen molar-refractivity contribution in [2.45, 2.75) is 25.3 Å². The largest absolute Gasteiger partial charge is 0.351 e. The van der Waals surface area contributed by atoms with E-state index in [4.69, 9.17) is 5.26 Å². The number of anilines is 1. The number of aromatic nitrogens is 2. The predicted octanol–water partition coefficient (Wildman–Crippen LogP) is 2.46. The quantitative estimate of drug-likeness (QED) is 0.933. The summed E-state index contributed by atoms with van der Waals surface area (Å²) < 4.78 is 0. The van der Waals surface area contributed by atoms with Crippen molar-refractivity contribution in [3.8, 4) is 6.07 Å². The van der Waals surface area contributed by atoms with Crippen molar-refractivity contribution in [1.29, 1.82) is 5.26 Å². The third kappa shape index (κ3) is 3.05. The Morgan fingerprint density at radius 1 is 1.28 bits per heavy atom. The topological polar surface area (TPSA) is 81.9 Å². The van der Waals surface area contributed by atoms with Crippen LogP contribution in [0.1, 0.15) is 35.2 Å². The maximum Gasteiger partial charge on any atom is 0.253 e. The molecule has 6 nitrogen and oxygen atoms in total. The van der Waals surface area contributed by atoms with Crippen LogP contribution in [-0.4, -0.2) is 39.9 Å². The second-order valence-corrected chi connectivity index (χ2v) is 6.99. The van der Waals surface area contributed by atoms with Crippen molar-refractivity contribution < 1.29 is 4.79 Å². The van der Waals surface area contributed by atoms with Gasteiger partial charge in [-0.1, -0.05) is 6.07 Å². The minimum atomic E-state index is 0.0248. The lowest BCUT2D eigenvalue weighted by atomic mass is 9.65. The number of benzene rings is 1. The van der Waals surface area contributed by atoms with Crippen LogP contribution in [0.4, 0.5) is 5.95 Å². The molecule has 126 valence electrons. The Bertz CT molecular complexity index is 823. The molecule has 2 heterocycles. The fourth-order valence-corrected chi connectivity index (χ4v) is 3.99. The van der Waals surface area contributed by atoms with Crippen LogP contribution in [-0.2, 0) is 0 Å². The van der Waals surface area contributed by atoms with Gasteiger partial charge in [-0.2, -0.15) is 5.26 Å². The van der Waals surface area contributed by atoms with Gasteiger partial charge in [-0.05, 0) is 48.9 Å². The fraction of sp³-hybridized carbons (Fsp3) is 0.368. The van der Waals surface area contributed by atoms with Gasteiger partial charge in [0.05, 0.1) is 11.6 Å². The standard InChI is InChI=1S/C19H19N5O/c20-12-14-3-1-4-15(9-14)17(25)24-8-5-19(13-24)10-16(11-19)23-18-21-6-2-7-22-18/h1-4,6-7,9,16H,5,8,10-11,13H2,(H,21,22,23). The molecule has 2 fully saturated rings. The SMILES string of the molecule is N#Cc1cccc(C(=O)N2CCC3(CC(Nc4ncccn4)C3)C2)c1. The molecule has 1 amide bonds. The third-order valence-corrected chi connectivity index (χ3v) is 5.22. The van der Waals surface area contributed by atoms with Crippen LogP contribution < -0.4 is 5.32 Å². The third-order valence-electron chi connectivity index (χ3n) is 5.22. The summed E-state index contributed by atoms with van der Waals surface area (Å²) in [6.45, 7) is 1.57. The van der Waals surface area contributed by atoms with Gasteiger partial charge >= 0.3 is 0 Å². The molecule has 6 heteroatoms. The molecule has 1 aliphatic carbocycles. The Hall–Kier alpha value is -2.94. The summed E-state index contributed by atoms with van der Waals surface area (Å²) in [7, 11) is 0.